The van der Waals surface area contributed by atoms with Gasteiger partial charge in [0.05, 0.1) is 0 Å². The number of aromatic nitrogens is 1. The van der Waals surface area contributed by atoms with Crippen LogP contribution < -0.4 is 0 Å². The van der Waals surface area contributed by atoms with Crippen LogP contribution in [0.3, 0.4) is 0 Å². The summed E-state index contributed by atoms with van der Waals surface area (Å²) in [5.41, 5.74) is 3.49. The first-order valence-corrected chi connectivity index (χ1v) is 10.8. The van der Waals surface area contributed by atoms with Crippen molar-refractivity contribution in [2.24, 2.45) is 0 Å². The van der Waals surface area contributed by atoms with Crippen molar-refractivity contribution in [1.82, 2.24) is 10.1 Å². The van der Waals surface area contributed by atoms with Crippen molar-refractivity contribution in [3.8, 4) is 11.3 Å². The average Bonchev–Trinajstić information content (AvgIpc) is 3.26. The van der Waals surface area contributed by atoms with Gasteiger partial charge in [-0.05, 0) is 72.5 Å². The number of hydrogen-bond donors (Lipinski definition) is 0. The van der Waals surface area contributed by atoms with Gasteiger partial charge < -0.3 is 4.52 Å². The van der Waals surface area contributed by atoms with Gasteiger partial charge in [-0.15, -0.1) is 0 Å². The van der Waals surface area contributed by atoms with E-state index in [1.165, 1.54) is 28.4 Å². The molecule has 0 amide bonds. The van der Waals surface area contributed by atoms with Crippen molar-refractivity contribution in [2.75, 3.05) is 7.05 Å². The first-order valence-electron chi connectivity index (χ1n) is 9.70. The summed E-state index contributed by atoms with van der Waals surface area (Å²) in [4.78, 5) is 2.58. The van der Waals surface area contributed by atoms with E-state index < -0.39 is 0 Å². The number of nitrogens with zero attached hydrogens (tertiary/aromatic N) is 2. The maximum absolute atomic E-state index is 5.95. The molecule has 2 saturated heterocycles. The van der Waals surface area contributed by atoms with Crippen molar-refractivity contribution < 1.29 is 4.52 Å². The number of fused-ring (bicyclic) bond motifs is 2. The molecule has 2 unspecified atom stereocenters. The zero-order valence-corrected chi connectivity index (χ0v) is 17.5. The molecular weight excluding hydrogens is 447 g/mol. The molecular formula is C23H23IN2O. The van der Waals surface area contributed by atoms with E-state index in [0.717, 1.165) is 17.0 Å². The summed E-state index contributed by atoms with van der Waals surface area (Å²) in [6.45, 7) is 0. The monoisotopic (exact) mass is 470 g/mol. The van der Waals surface area contributed by atoms with Crippen LogP contribution in [0, 0.1) is 3.57 Å². The van der Waals surface area contributed by atoms with Crippen LogP contribution in [0.4, 0.5) is 0 Å². The molecule has 2 fully saturated rings. The smallest absolute Gasteiger partial charge is 0.142 e. The van der Waals surface area contributed by atoms with E-state index in [9.17, 15) is 0 Å². The molecule has 3 nitrogen and oxygen atoms in total. The zero-order chi connectivity index (χ0) is 18.4. The molecule has 0 spiro atoms. The van der Waals surface area contributed by atoms with E-state index in [1.54, 1.807) is 0 Å². The Morgan fingerprint density at radius 3 is 2.59 bits per heavy atom. The Balaban J connectivity index is 1.54. The fourth-order valence-electron chi connectivity index (χ4n) is 5.10. The van der Waals surface area contributed by atoms with E-state index in [-0.39, 0.29) is 0 Å². The number of likely N-dealkylation sites (N-methyl/N-ethyl adjacent to an activating group) is 1. The molecule has 3 heterocycles. The number of piperidine rings is 1. The minimum atomic E-state index is 0.360. The van der Waals surface area contributed by atoms with E-state index in [1.807, 2.05) is 18.2 Å². The van der Waals surface area contributed by atoms with Crippen LogP contribution in [-0.2, 0) is 0 Å². The van der Waals surface area contributed by atoms with Crippen molar-refractivity contribution in [3.05, 3.63) is 75.6 Å². The molecule has 2 aliphatic rings. The summed E-state index contributed by atoms with van der Waals surface area (Å²) in [5.74, 6) is 1.89. The van der Waals surface area contributed by atoms with Gasteiger partial charge in [-0.3, -0.25) is 4.90 Å². The van der Waals surface area contributed by atoms with Crippen LogP contribution in [0.25, 0.3) is 11.3 Å². The van der Waals surface area contributed by atoms with Gasteiger partial charge in [-0.25, -0.2) is 0 Å². The Morgan fingerprint density at radius 2 is 1.81 bits per heavy atom. The van der Waals surface area contributed by atoms with Crippen LogP contribution in [0.1, 0.15) is 42.4 Å². The topological polar surface area (TPSA) is 29.3 Å². The molecule has 2 aromatic carbocycles. The molecule has 1 aromatic heterocycles. The van der Waals surface area contributed by atoms with Gasteiger partial charge >= 0.3 is 0 Å². The minimum absolute atomic E-state index is 0.360. The van der Waals surface area contributed by atoms with Crippen LogP contribution in [0.15, 0.2) is 65.2 Å². The third-order valence-corrected chi connectivity index (χ3v) is 7.21. The molecule has 4 heteroatoms. The lowest BCUT2D eigenvalue weighted by Gasteiger charge is -2.42. The summed E-state index contributed by atoms with van der Waals surface area (Å²) in [6, 6.07) is 22.8. The average molecular weight is 470 g/mol. The Bertz CT molecular complexity index is 921. The fourth-order valence-corrected chi connectivity index (χ4v) is 5.46. The summed E-state index contributed by atoms with van der Waals surface area (Å²) in [7, 11) is 2.29. The van der Waals surface area contributed by atoms with Crippen LogP contribution in [0.2, 0.25) is 0 Å². The van der Waals surface area contributed by atoms with Gasteiger partial charge in [0.2, 0.25) is 0 Å². The van der Waals surface area contributed by atoms with E-state index in [2.05, 4.69) is 82.2 Å². The minimum Gasteiger partial charge on any atom is -0.360 e. The maximum Gasteiger partial charge on any atom is 0.142 e. The van der Waals surface area contributed by atoms with E-state index >= 15 is 0 Å². The van der Waals surface area contributed by atoms with Crippen molar-refractivity contribution in [3.63, 3.8) is 0 Å². The second kappa shape index (κ2) is 7.06. The largest absolute Gasteiger partial charge is 0.360 e. The molecule has 2 aliphatic heterocycles. The SMILES string of the molecule is CN1C2CC[C@@H]1C[C@H](c1ccc(I)cc1)C2c1cc(-c2ccccc2)no1. The lowest BCUT2D eigenvalue weighted by atomic mass is 9.75. The summed E-state index contributed by atoms with van der Waals surface area (Å²) >= 11 is 2.38. The van der Waals surface area contributed by atoms with Crippen molar-refractivity contribution >= 4 is 22.6 Å². The Morgan fingerprint density at radius 1 is 1.04 bits per heavy atom. The lowest BCUT2D eigenvalue weighted by Crippen LogP contribution is -2.44. The lowest BCUT2D eigenvalue weighted by molar-refractivity contribution is 0.122. The molecule has 0 N–H and O–H groups in total. The van der Waals surface area contributed by atoms with Crippen molar-refractivity contribution in [2.45, 2.75) is 43.2 Å². The molecule has 2 bridgehead atoms. The second-order valence-electron chi connectivity index (χ2n) is 7.86. The van der Waals surface area contributed by atoms with Gasteiger partial charge in [-0.2, -0.15) is 0 Å². The quantitative estimate of drug-likeness (QED) is 0.462. The predicted molar refractivity (Wildman–Crippen MR) is 116 cm³/mol. The molecule has 27 heavy (non-hydrogen) atoms. The van der Waals surface area contributed by atoms with Gasteiger partial charge in [0.1, 0.15) is 11.5 Å². The maximum atomic E-state index is 5.95. The first kappa shape index (κ1) is 17.4. The molecule has 138 valence electrons. The third-order valence-electron chi connectivity index (χ3n) is 6.49. The molecule has 0 aliphatic carbocycles. The standard InChI is InChI=1S/C23H23IN2O/c1-26-18-11-12-21(26)23(19(13-18)15-7-9-17(24)10-8-15)22-14-20(25-27-22)16-5-3-2-4-6-16/h2-10,14,18-19,21,23H,11-13H2,1H3/t18-,19-,21?,23?/m1/s1. The van der Waals surface area contributed by atoms with Crippen LogP contribution >= 0.6 is 22.6 Å². The number of benzene rings is 2. The summed E-state index contributed by atoms with van der Waals surface area (Å²) < 4.78 is 7.24. The van der Waals surface area contributed by atoms with Gasteiger partial charge in [0.25, 0.3) is 0 Å². The van der Waals surface area contributed by atoms with Gasteiger partial charge in [-0.1, -0.05) is 47.6 Å². The highest BCUT2D eigenvalue weighted by atomic mass is 127. The Hall–Kier alpha value is -1.66. The number of hydrogen-bond acceptors (Lipinski definition) is 3. The van der Waals surface area contributed by atoms with Gasteiger partial charge in [0, 0.05) is 33.2 Å². The molecule has 0 radical (unpaired) electrons. The van der Waals surface area contributed by atoms with Gasteiger partial charge in [0.15, 0.2) is 0 Å². The zero-order valence-electron chi connectivity index (χ0n) is 15.4. The normalized spacial score (nSPS) is 27.8. The van der Waals surface area contributed by atoms with Crippen LogP contribution in [0.5, 0.6) is 0 Å². The second-order valence-corrected chi connectivity index (χ2v) is 9.11. The Kier molecular flexibility index (Phi) is 4.56. The predicted octanol–water partition coefficient (Wildman–Crippen LogP) is 5.68. The van der Waals surface area contributed by atoms with E-state index in [0.29, 0.717) is 23.9 Å². The fraction of sp³-hybridized carbons (Fsp3) is 0.348. The third kappa shape index (κ3) is 3.13. The van der Waals surface area contributed by atoms with Crippen molar-refractivity contribution in [1.29, 1.82) is 0 Å². The first-order chi connectivity index (χ1) is 13.2. The molecule has 0 saturated carbocycles. The number of rotatable bonds is 3. The number of halogens is 1. The molecule has 3 aromatic rings. The summed E-state index contributed by atoms with van der Waals surface area (Å²) in [6.07, 6.45) is 3.73. The highest BCUT2D eigenvalue weighted by molar-refractivity contribution is 14.1. The highest BCUT2D eigenvalue weighted by Crippen LogP contribution is 2.51. The molecule has 4 atom stereocenters. The summed E-state index contributed by atoms with van der Waals surface area (Å²) in [5, 5.41) is 4.42. The molecule has 5 rings (SSSR count). The van der Waals surface area contributed by atoms with Crippen LogP contribution in [-0.4, -0.2) is 29.2 Å². The van der Waals surface area contributed by atoms with E-state index in [4.69, 9.17) is 4.52 Å². The highest BCUT2D eigenvalue weighted by Gasteiger charge is 2.48. The Labute approximate surface area is 173 Å².